The number of rotatable bonds is 7. The molecule has 0 amide bonds. The van der Waals surface area contributed by atoms with E-state index in [1.54, 1.807) is 0 Å². The lowest BCUT2D eigenvalue weighted by Crippen LogP contribution is -2.56. The van der Waals surface area contributed by atoms with E-state index in [2.05, 4.69) is 0 Å². The van der Waals surface area contributed by atoms with Crippen LogP contribution in [0, 0.1) is 0 Å². The summed E-state index contributed by atoms with van der Waals surface area (Å²) in [7, 11) is -3.08. The van der Waals surface area contributed by atoms with Crippen LogP contribution in [0.25, 0.3) is 0 Å². The average molecular weight is 305 g/mol. The minimum atomic E-state index is -3.08. The van der Waals surface area contributed by atoms with Gasteiger partial charge in [0, 0.05) is 12.7 Å². The summed E-state index contributed by atoms with van der Waals surface area (Å²) in [6.07, 6.45) is 6.14. The van der Waals surface area contributed by atoms with E-state index in [-0.39, 0.29) is 17.8 Å². The molecule has 1 atom stereocenters. The van der Waals surface area contributed by atoms with Gasteiger partial charge in [0.05, 0.1) is 11.7 Å². The second-order valence-corrected chi connectivity index (χ2v) is 8.66. The van der Waals surface area contributed by atoms with Gasteiger partial charge in [-0.05, 0) is 54.4 Å². The molecule has 0 bridgehead atoms. The predicted molar refractivity (Wildman–Crippen MR) is 82.4 cm³/mol. The maximum absolute atomic E-state index is 6.28. The van der Waals surface area contributed by atoms with Gasteiger partial charge in [-0.15, -0.1) is 0 Å². The fourth-order valence-electron chi connectivity index (χ4n) is 2.40. The molecule has 0 spiro atoms. The van der Waals surface area contributed by atoms with E-state index >= 15 is 0 Å². The van der Waals surface area contributed by atoms with Crippen molar-refractivity contribution in [1.29, 1.82) is 0 Å². The predicted octanol–water partition coefficient (Wildman–Crippen LogP) is 4.05. The third-order valence-corrected chi connectivity index (χ3v) is 5.88. The third kappa shape index (κ3) is 6.67. The lowest BCUT2D eigenvalue weighted by molar-refractivity contribution is -0.105. The Balaban J connectivity index is 2.82. The van der Waals surface area contributed by atoms with Gasteiger partial charge in [-0.2, -0.15) is 0 Å². The van der Waals surface area contributed by atoms with Crippen LogP contribution in [0.2, 0.25) is 0 Å². The highest BCUT2D eigenvalue weighted by atomic mass is 28.4. The molecule has 0 heterocycles. The molecule has 20 heavy (non-hydrogen) atoms. The van der Waals surface area contributed by atoms with Crippen LogP contribution in [0.1, 0.15) is 73.6 Å². The molecule has 1 fully saturated rings. The van der Waals surface area contributed by atoms with E-state index in [0.29, 0.717) is 6.61 Å². The first-order valence-corrected chi connectivity index (χ1v) is 9.59. The molecule has 1 unspecified atom stereocenters. The van der Waals surface area contributed by atoms with Crippen LogP contribution in [0.3, 0.4) is 0 Å². The zero-order valence-corrected chi connectivity index (χ0v) is 15.0. The van der Waals surface area contributed by atoms with Crippen molar-refractivity contribution in [2.24, 2.45) is 0 Å². The minimum Gasteiger partial charge on any atom is -0.351 e. The molecule has 5 heteroatoms. The Kier molecular flexibility index (Phi) is 7.15. The van der Waals surface area contributed by atoms with Crippen molar-refractivity contribution in [2.45, 2.75) is 91.5 Å². The minimum absolute atomic E-state index is 0.0270. The molecule has 0 aromatic carbocycles. The maximum atomic E-state index is 6.28. The van der Waals surface area contributed by atoms with Crippen molar-refractivity contribution in [2.75, 3.05) is 6.61 Å². The molecule has 0 aromatic rings. The topological polar surface area (TPSA) is 36.9 Å². The quantitative estimate of drug-likeness (QED) is 0.665. The first-order chi connectivity index (χ1) is 9.26. The molecule has 1 rings (SSSR count). The second kappa shape index (κ2) is 7.89. The standard InChI is InChI=1S/C15H32O4Si/c1-7-16-20(17-13(2)3,19-15(4,5)6)18-14-11-9-8-10-12-14/h13-14H,7-12H2,1-6H3. The van der Waals surface area contributed by atoms with Gasteiger partial charge in [-0.25, -0.2) is 0 Å². The zero-order valence-electron chi connectivity index (χ0n) is 14.0. The molecule has 4 nitrogen and oxygen atoms in total. The molecule has 0 aromatic heterocycles. The maximum Gasteiger partial charge on any atom is 0.680 e. The van der Waals surface area contributed by atoms with Crippen LogP contribution >= 0.6 is 0 Å². The van der Waals surface area contributed by atoms with Crippen LogP contribution in [-0.4, -0.2) is 33.5 Å². The molecule has 1 saturated carbocycles. The fraction of sp³-hybridized carbons (Fsp3) is 1.00. The normalized spacial score (nSPS) is 21.1. The van der Waals surface area contributed by atoms with Crippen LogP contribution in [0.5, 0.6) is 0 Å². The lowest BCUT2D eigenvalue weighted by Gasteiger charge is -2.38. The Morgan fingerprint density at radius 1 is 1.10 bits per heavy atom. The highest BCUT2D eigenvalue weighted by Gasteiger charge is 2.51. The Bertz CT molecular complexity index is 272. The summed E-state index contributed by atoms with van der Waals surface area (Å²) in [5, 5.41) is 0. The van der Waals surface area contributed by atoms with Crippen LogP contribution in [0.15, 0.2) is 0 Å². The molecule has 0 aliphatic heterocycles. The van der Waals surface area contributed by atoms with Gasteiger partial charge in [-0.1, -0.05) is 19.3 Å². The van der Waals surface area contributed by atoms with Gasteiger partial charge >= 0.3 is 9.05 Å². The van der Waals surface area contributed by atoms with Gasteiger partial charge in [-0.3, -0.25) is 0 Å². The largest absolute Gasteiger partial charge is 0.680 e. The van der Waals surface area contributed by atoms with E-state index in [4.69, 9.17) is 17.7 Å². The first kappa shape index (κ1) is 18.1. The molecule has 1 aliphatic carbocycles. The van der Waals surface area contributed by atoms with Gasteiger partial charge in [0.2, 0.25) is 0 Å². The zero-order chi connectivity index (χ0) is 15.2. The highest BCUT2D eigenvalue weighted by molar-refractivity contribution is 6.53. The summed E-state index contributed by atoms with van der Waals surface area (Å²) in [6.45, 7) is 12.5. The Morgan fingerprint density at radius 2 is 1.70 bits per heavy atom. The Hall–Kier alpha value is 0.0569. The Labute approximate surface area is 125 Å². The van der Waals surface area contributed by atoms with E-state index < -0.39 is 9.05 Å². The van der Waals surface area contributed by atoms with Crippen molar-refractivity contribution in [1.82, 2.24) is 0 Å². The molecular formula is C15H32O4Si. The van der Waals surface area contributed by atoms with Crippen molar-refractivity contribution >= 4 is 9.05 Å². The molecule has 1 aliphatic rings. The van der Waals surface area contributed by atoms with Crippen LogP contribution < -0.4 is 0 Å². The summed E-state index contributed by atoms with van der Waals surface area (Å²) in [4.78, 5) is 0. The molecule has 0 radical (unpaired) electrons. The second-order valence-electron chi connectivity index (χ2n) is 6.69. The molecule has 120 valence electrons. The van der Waals surface area contributed by atoms with Crippen LogP contribution in [-0.2, 0) is 17.7 Å². The van der Waals surface area contributed by atoms with E-state index in [9.17, 15) is 0 Å². The average Bonchev–Trinajstić information content (AvgIpc) is 2.26. The Morgan fingerprint density at radius 3 is 2.15 bits per heavy atom. The number of hydrogen-bond donors (Lipinski definition) is 0. The van der Waals surface area contributed by atoms with E-state index in [0.717, 1.165) is 12.8 Å². The van der Waals surface area contributed by atoms with Crippen molar-refractivity contribution in [3.63, 3.8) is 0 Å². The van der Waals surface area contributed by atoms with E-state index in [1.165, 1.54) is 19.3 Å². The summed E-state index contributed by atoms with van der Waals surface area (Å²) in [5.41, 5.74) is -0.342. The molecular weight excluding hydrogens is 272 g/mol. The van der Waals surface area contributed by atoms with Gasteiger partial charge in [0.25, 0.3) is 0 Å². The van der Waals surface area contributed by atoms with Gasteiger partial charge in [0.1, 0.15) is 0 Å². The number of hydrogen-bond acceptors (Lipinski definition) is 4. The fourth-order valence-corrected chi connectivity index (χ4v) is 5.07. The SMILES string of the molecule is CCO[Si](OC(C)C)(OC1CCCCC1)OC(C)(C)C. The van der Waals surface area contributed by atoms with Crippen LogP contribution in [0.4, 0.5) is 0 Å². The summed E-state index contributed by atoms with van der Waals surface area (Å²) in [6, 6.07) is 0. The van der Waals surface area contributed by atoms with E-state index in [1.807, 2.05) is 41.5 Å². The summed E-state index contributed by atoms with van der Waals surface area (Å²) in [5.74, 6) is 0. The summed E-state index contributed by atoms with van der Waals surface area (Å²) >= 11 is 0. The monoisotopic (exact) mass is 304 g/mol. The third-order valence-electron chi connectivity index (χ3n) is 3.00. The highest BCUT2D eigenvalue weighted by Crippen LogP contribution is 2.28. The lowest BCUT2D eigenvalue weighted by atomic mass is 9.98. The van der Waals surface area contributed by atoms with Crippen molar-refractivity contribution in [3.8, 4) is 0 Å². The smallest absolute Gasteiger partial charge is 0.351 e. The van der Waals surface area contributed by atoms with Crippen molar-refractivity contribution in [3.05, 3.63) is 0 Å². The first-order valence-electron chi connectivity index (χ1n) is 7.96. The van der Waals surface area contributed by atoms with Crippen molar-refractivity contribution < 1.29 is 17.7 Å². The molecule has 0 saturated heterocycles. The summed E-state index contributed by atoms with van der Waals surface area (Å²) < 4.78 is 24.4. The molecule has 0 N–H and O–H groups in total. The van der Waals surface area contributed by atoms with Gasteiger partial charge < -0.3 is 17.7 Å². The van der Waals surface area contributed by atoms with Gasteiger partial charge in [0.15, 0.2) is 0 Å².